The summed E-state index contributed by atoms with van der Waals surface area (Å²) in [5.74, 6) is -0.421. The average Bonchev–Trinajstić information content (AvgIpc) is 2.31. The molecule has 1 unspecified atom stereocenters. The van der Waals surface area contributed by atoms with Crippen LogP contribution in [0, 0.1) is 0 Å². The zero-order chi connectivity index (χ0) is 14.9. The first-order valence-electron chi connectivity index (χ1n) is 6.45. The Kier molecular flexibility index (Phi) is 8.75. The monoisotopic (exact) mass is 284 g/mol. The summed E-state index contributed by atoms with van der Waals surface area (Å²) in [5, 5.41) is 2.98. The number of likely N-dealkylation sites (N-methyl/N-ethyl adjacent to an activating group) is 1. The maximum Gasteiger partial charge on any atom is 0.390 e. The van der Waals surface area contributed by atoms with Crippen LogP contribution in [-0.2, 0) is 9.53 Å². The standard InChI is InChI=1S/C12H23F3N2O2/c1-4-7-16-10(11(18)19-5-2)9-17(3)8-6-12(13,14)15/h10,16H,4-9H2,1-3H3. The molecule has 0 spiro atoms. The number of carbonyl (C=O) groups is 1. The molecule has 19 heavy (non-hydrogen) atoms. The third kappa shape index (κ3) is 9.72. The zero-order valence-corrected chi connectivity index (χ0v) is 11.7. The number of rotatable bonds is 9. The van der Waals surface area contributed by atoms with E-state index >= 15 is 0 Å². The molecule has 0 radical (unpaired) electrons. The highest BCUT2D eigenvalue weighted by atomic mass is 19.4. The molecular weight excluding hydrogens is 261 g/mol. The Hall–Kier alpha value is -0.820. The van der Waals surface area contributed by atoms with Gasteiger partial charge < -0.3 is 15.0 Å². The zero-order valence-electron chi connectivity index (χ0n) is 11.7. The van der Waals surface area contributed by atoms with Crippen molar-refractivity contribution in [3.05, 3.63) is 0 Å². The van der Waals surface area contributed by atoms with Crippen LogP contribution in [0.2, 0.25) is 0 Å². The van der Waals surface area contributed by atoms with Gasteiger partial charge in [0.2, 0.25) is 0 Å². The second-order valence-corrected chi connectivity index (χ2v) is 4.39. The van der Waals surface area contributed by atoms with Crippen molar-refractivity contribution in [2.24, 2.45) is 0 Å². The quantitative estimate of drug-likeness (QED) is 0.656. The van der Waals surface area contributed by atoms with Crippen LogP contribution < -0.4 is 5.32 Å². The summed E-state index contributed by atoms with van der Waals surface area (Å²) in [4.78, 5) is 13.1. The van der Waals surface area contributed by atoms with Gasteiger partial charge in [-0.3, -0.25) is 4.79 Å². The van der Waals surface area contributed by atoms with Gasteiger partial charge in [0.15, 0.2) is 0 Å². The molecule has 0 aromatic rings. The summed E-state index contributed by atoms with van der Waals surface area (Å²) >= 11 is 0. The van der Waals surface area contributed by atoms with Gasteiger partial charge in [-0.05, 0) is 26.9 Å². The minimum absolute atomic E-state index is 0.132. The Balaban J connectivity index is 4.25. The molecule has 7 heteroatoms. The van der Waals surface area contributed by atoms with E-state index in [9.17, 15) is 18.0 Å². The fourth-order valence-corrected chi connectivity index (χ4v) is 1.50. The molecule has 0 aromatic carbocycles. The van der Waals surface area contributed by atoms with Gasteiger partial charge >= 0.3 is 12.1 Å². The lowest BCUT2D eigenvalue weighted by Gasteiger charge is -2.24. The summed E-state index contributed by atoms with van der Waals surface area (Å²) in [6, 6.07) is -0.585. The molecule has 0 aromatic heterocycles. The highest BCUT2D eigenvalue weighted by Crippen LogP contribution is 2.19. The van der Waals surface area contributed by atoms with Crippen molar-refractivity contribution in [2.75, 3.05) is 33.3 Å². The normalized spacial score (nSPS) is 13.6. The number of nitrogens with one attached hydrogen (secondary N) is 1. The lowest BCUT2D eigenvalue weighted by atomic mass is 10.2. The minimum atomic E-state index is -4.18. The predicted octanol–water partition coefficient (Wildman–Crippen LogP) is 1.80. The molecular formula is C12H23F3N2O2. The number of esters is 1. The van der Waals surface area contributed by atoms with Crippen molar-refractivity contribution in [3.8, 4) is 0 Å². The van der Waals surface area contributed by atoms with E-state index < -0.39 is 24.6 Å². The molecule has 0 amide bonds. The van der Waals surface area contributed by atoms with Crippen LogP contribution in [-0.4, -0.2) is 56.4 Å². The Bertz CT molecular complexity index is 260. The Morgan fingerprint density at radius 1 is 1.37 bits per heavy atom. The highest BCUT2D eigenvalue weighted by Gasteiger charge is 2.28. The van der Waals surface area contributed by atoms with E-state index in [1.165, 1.54) is 4.90 Å². The van der Waals surface area contributed by atoms with E-state index in [0.717, 1.165) is 6.42 Å². The molecule has 1 N–H and O–H groups in total. The Morgan fingerprint density at radius 2 is 2.00 bits per heavy atom. The molecule has 0 aliphatic carbocycles. The maximum absolute atomic E-state index is 12.1. The smallest absolute Gasteiger partial charge is 0.390 e. The van der Waals surface area contributed by atoms with E-state index in [1.54, 1.807) is 14.0 Å². The van der Waals surface area contributed by atoms with Gasteiger partial charge in [0.1, 0.15) is 6.04 Å². The van der Waals surface area contributed by atoms with Crippen molar-refractivity contribution in [3.63, 3.8) is 0 Å². The number of carbonyl (C=O) groups excluding carboxylic acids is 1. The first-order valence-corrected chi connectivity index (χ1v) is 6.45. The number of halogens is 3. The first kappa shape index (κ1) is 18.2. The number of hydrogen-bond donors (Lipinski definition) is 1. The number of hydrogen-bond acceptors (Lipinski definition) is 4. The molecule has 0 rings (SSSR count). The molecule has 4 nitrogen and oxygen atoms in total. The van der Waals surface area contributed by atoms with E-state index in [-0.39, 0.29) is 19.7 Å². The summed E-state index contributed by atoms with van der Waals surface area (Å²) in [6.07, 6.45) is -4.22. The van der Waals surface area contributed by atoms with Crippen LogP contribution in [0.5, 0.6) is 0 Å². The van der Waals surface area contributed by atoms with Gasteiger partial charge in [0.05, 0.1) is 13.0 Å². The van der Waals surface area contributed by atoms with E-state index in [4.69, 9.17) is 4.74 Å². The summed E-state index contributed by atoms with van der Waals surface area (Å²) in [7, 11) is 1.56. The molecule has 0 aliphatic heterocycles. The molecule has 0 saturated carbocycles. The fourth-order valence-electron chi connectivity index (χ4n) is 1.50. The second-order valence-electron chi connectivity index (χ2n) is 4.39. The molecule has 0 heterocycles. The summed E-state index contributed by atoms with van der Waals surface area (Å²) in [5.41, 5.74) is 0. The summed E-state index contributed by atoms with van der Waals surface area (Å²) in [6.45, 7) is 4.60. The number of nitrogens with zero attached hydrogens (tertiary/aromatic N) is 1. The molecule has 0 fully saturated rings. The Morgan fingerprint density at radius 3 is 2.47 bits per heavy atom. The number of alkyl halides is 3. The average molecular weight is 284 g/mol. The first-order chi connectivity index (χ1) is 8.80. The van der Waals surface area contributed by atoms with E-state index in [0.29, 0.717) is 6.54 Å². The van der Waals surface area contributed by atoms with Crippen LogP contribution >= 0.6 is 0 Å². The van der Waals surface area contributed by atoms with Gasteiger partial charge in [-0.2, -0.15) is 13.2 Å². The van der Waals surface area contributed by atoms with Crippen LogP contribution in [0.1, 0.15) is 26.7 Å². The lowest BCUT2D eigenvalue weighted by Crippen LogP contribution is -2.46. The highest BCUT2D eigenvalue weighted by molar-refractivity contribution is 5.76. The van der Waals surface area contributed by atoms with Crippen molar-refractivity contribution in [1.82, 2.24) is 10.2 Å². The van der Waals surface area contributed by atoms with Crippen molar-refractivity contribution < 1.29 is 22.7 Å². The van der Waals surface area contributed by atoms with Crippen molar-refractivity contribution in [1.29, 1.82) is 0 Å². The lowest BCUT2D eigenvalue weighted by molar-refractivity contribution is -0.146. The molecule has 1 atom stereocenters. The topological polar surface area (TPSA) is 41.6 Å². The molecule has 0 bridgehead atoms. The third-order valence-electron chi connectivity index (χ3n) is 2.48. The summed E-state index contributed by atoms with van der Waals surface area (Å²) < 4.78 is 41.2. The van der Waals surface area contributed by atoms with Crippen LogP contribution in [0.15, 0.2) is 0 Å². The van der Waals surface area contributed by atoms with Crippen molar-refractivity contribution >= 4 is 5.97 Å². The second kappa shape index (κ2) is 9.14. The van der Waals surface area contributed by atoms with Gasteiger partial charge in [-0.1, -0.05) is 6.92 Å². The fraction of sp³-hybridized carbons (Fsp3) is 0.917. The molecule has 0 saturated heterocycles. The third-order valence-corrected chi connectivity index (χ3v) is 2.48. The van der Waals surface area contributed by atoms with Crippen LogP contribution in [0.3, 0.4) is 0 Å². The molecule has 114 valence electrons. The largest absolute Gasteiger partial charge is 0.465 e. The van der Waals surface area contributed by atoms with Crippen molar-refractivity contribution in [2.45, 2.75) is 38.9 Å². The molecule has 0 aliphatic rings. The maximum atomic E-state index is 12.1. The van der Waals surface area contributed by atoms with Gasteiger partial charge in [-0.25, -0.2) is 0 Å². The number of ether oxygens (including phenoxy) is 1. The van der Waals surface area contributed by atoms with Gasteiger partial charge in [0.25, 0.3) is 0 Å². The van der Waals surface area contributed by atoms with Crippen LogP contribution in [0.4, 0.5) is 13.2 Å². The minimum Gasteiger partial charge on any atom is -0.465 e. The van der Waals surface area contributed by atoms with E-state index in [2.05, 4.69) is 5.32 Å². The predicted molar refractivity (Wildman–Crippen MR) is 66.9 cm³/mol. The van der Waals surface area contributed by atoms with E-state index in [1.807, 2.05) is 6.92 Å². The van der Waals surface area contributed by atoms with Crippen LogP contribution in [0.25, 0.3) is 0 Å². The van der Waals surface area contributed by atoms with Gasteiger partial charge in [0, 0.05) is 13.1 Å². The Labute approximate surface area is 112 Å². The van der Waals surface area contributed by atoms with Gasteiger partial charge in [-0.15, -0.1) is 0 Å². The SMILES string of the molecule is CCCNC(CN(C)CCC(F)(F)F)C(=O)OCC.